The summed E-state index contributed by atoms with van der Waals surface area (Å²) in [6, 6.07) is 13.0. The molecule has 2 aromatic rings. The summed E-state index contributed by atoms with van der Waals surface area (Å²) < 4.78 is 17.2. The lowest BCUT2D eigenvalue weighted by molar-refractivity contribution is -0.127. The molecule has 2 aromatic carbocycles. The summed E-state index contributed by atoms with van der Waals surface area (Å²) in [5.41, 5.74) is 0.943. The average molecular weight is 378 g/mol. The van der Waals surface area contributed by atoms with Gasteiger partial charge in [0, 0.05) is 11.0 Å². The monoisotopic (exact) mass is 377 g/mol. The predicted octanol–water partition coefficient (Wildman–Crippen LogP) is 3.26. The van der Waals surface area contributed by atoms with Gasteiger partial charge >= 0.3 is 0 Å². The molecule has 0 bridgehead atoms. The van der Waals surface area contributed by atoms with Crippen molar-refractivity contribution in [3.63, 3.8) is 0 Å². The Bertz CT molecular complexity index is 702. The Balaban J connectivity index is 1.53. The molecule has 120 valence electrons. The van der Waals surface area contributed by atoms with Crippen molar-refractivity contribution < 1.29 is 19.0 Å². The molecule has 0 aromatic heterocycles. The van der Waals surface area contributed by atoms with Crippen molar-refractivity contribution in [2.24, 2.45) is 0 Å². The van der Waals surface area contributed by atoms with Gasteiger partial charge in [0.2, 0.25) is 6.79 Å². The fourth-order valence-corrected chi connectivity index (χ4v) is 2.42. The van der Waals surface area contributed by atoms with E-state index in [4.69, 9.17) is 14.2 Å². The third-order valence-electron chi connectivity index (χ3n) is 3.40. The van der Waals surface area contributed by atoms with Crippen molar-refractivity contribution in [3.05, 3.63) is 52.5 Å². The van der Waals surface area contributed by atoms with E-state index in [9.17, 15) is 4.79 Å². The smallest absolute Gasteiger partial charge is 0.261 e. The van der Waals surface area contributed by atoms with Crippen LogP contribution in [-0.2, 0) is 11.3 Å². The molecule has 0 radical (unpaired) electrons. The molecule has 0 saturated heterocycles. The van der Waals surface area contributed by atoms with E-state index in [2.05, 4.69) is 21.2 Å². The highest BCUT2D eigenvalue weighted by Gasteiger charge is 2.16. The number of amides is 1. The maximum atomic E-state index is 12.1. The van der Waals surface area contributed by atoms with E-state index in [-0.39, 0.29) is 12.7 Å². The third kappa shape index (κ3) is 3.96. The third-order valence-corrected chi connectivity index (χ3v) is 3.93. The van der Waals surface area contributed by atoms with Crippen LogP contribution in [0.25, 0.3) is 0 Å². The number of nitrogens with one attached hydrogen (secondary N) is 1. The normalized spacial score (nSPS) is 13.5. The topological polar surface area (TPSA) is 56.8 Å². The standard InChI is InChI=1S/C17H16BrNO4/c1-11(23-14-5-3-13(18)4-6-14)17(20)19-9-12-2-7-15-16(8-12)22-10-21-15/h2-8,11H,9-10H2,1H3,(H,19,20)/t11-/m1/s1. The first-order valence-electron chi connectivity index (χ1n) is 7.20. The molecule has 0 saturated carbocycles. The van der Waals surface area contributed by atoms with Crippen LogP contribution in [0.15, 0.2) is 46.9 Å². The van der Waals surface area contributed by atoms with Gasteiger partial charge in [-0.25, -0.2) is 0 Å². The molecule has 1 amide bonds. The van der Waals surface area contributed by atoms with Crippen molar-refractivity contribution in [3.8, 4) is 17.2 Å². The molecular weight excluding hydrogens is 362 g/mol. The van der Waals surface area contributed by atoms with E-state index in [0.717, 1.165) is 15.8 Å². The van der Waals surface area contributed by atoms with Crippen molar-refractivity contribution in [1.29, 1.82) is 0 Å². The summed E-state index contributed by atoms with van der Waals surface area (Å²) in [5.74, 6) is 1.91. The fraction of sp³-hybridized carbons (Fsp3) is 0.235. The van der Waals surface area contributed by atoms with Crippen molar-refractivity contribution in [2.45, 2.75) is 19.6 Å². The van der Waals surface area contributed by atoms with Gasteiger partial charge in [0.1, 0.15) is 5.75 Å². The molecule has 1 atom stereocenters. The van der Waals surface area contributed by atoms with Gasteiger partial charge in [0.25, 0.3) is 5.91 Å². The largest absolute Gasteiger partial charge is 0.481 e. The minimum absolute atomic E-state index is 0.175. The number of benzene rings is 2. The van der Waals surface area contributed by atoms with Gasteiger partial charge in [-0.15, -0.1) is 0 Å². The van der Waals surface area contributed by atoms with Gasteiger partial charge in [0.15, 0.2) is 17.6 Å². The van der Waals surface area contributed by atoms with E-state index < -0.39 is 6.10 Å². The summed E-state index contributed by atoms with van der Waals surface area (Å²) >= 11 is 3.36. The zero-order valence-corrected chi connectivity index (χ0v) is 14.1. The first kappa shape index (κ1) is 15.7. The summed E-state index contributed by atoms with van der Waals surface area (Å²) in [6.07, 6.45) is -0.579. The molecular formula is C17H16BrNO4. The first-order valence-corrected chi connectivity index (χ1v) is 7.99. The summed E-state index contributed by atoms with van der Waals surface area (Å²) in [4.78, 5) is 12.1. The molecule has 0 spiro atoms. The Kier molecular flexibility index (Phi) is 4.71. The molecule has 0 fully saturated rings. The van der Waals surface area contributed by atoms with Crippen LogP contribution in [0, 0.1) is 0 Å². The van der Waals surface area contributed by atoms with Gasteiger partial charge in [-0.1, -0.05) is 22.0 Å². The van der Waals surface area contributed by atoms with Crippen LogP contribution in [0.2, 0.25) is 0 Å². The second kappa shape index (κ2) is 6.91. The van der Waals surface area contributed by atoms with Gasteiger partial charge in [-0.05, 0) is 48.9 Å². The highest BCUT2D eigenvalue weighted by atomic mass is 79.9. The molecule has 1 aliphatic heterocycles. The van der Waals surface area contributed by atoms with Crippen LogP contribution >= 0.6 is 15.9 Å². The number of carbonyl (C=O) groups is 1. The lowest BCUT2D eigenvalue weighted by Gasteiger charge is -2.15. The van der Waals surface area contributed by atoms with E-state index >= 15 is 0 Å². The minimum atomic E-state index is -0.579. The Hall–Kier alpha value is -2.21. The van der Waals surface area contributed by atoms with E-state index in [0.29, 0.717) is 18.0 Å². The Morgan fingerprint density at radius 3 is 2.74 bits per heavy atom. The summed E-state index contributed by atoms with van der Waals surface area (Å²) in [7, 11) is 0. The number of ether oxygens (including phenoxy) is 3. The zero-order chi connectivity index (χ0) is 16.2. The van der Waals surface area contributed by atoms with E-state index in [1.54, 1.807) is 6.92 Å². The van der Waals surface area contributed by atoms with Crippen LogP contribution in [0.5, 0.6) is 17.2 Å². The van der Waals surface area contributed by atoms with Gasteiger partial charge < -0.3 is 19.5 Å². The number of hydrogen-bond acceptors (Lipinski definition) is 4. The van der Waals surface area contributed by atoms with Crippen LogP contribution < -0.4 is 19.5 Å². The Morgan fingerprint density at radius 2 is 1.96 bits per heavy atom. The van der Waals surface area contributed by atoms with Gasteiger partial charge in [0.05, 0.1) is 0 Å². The van der Waals surface area contributed by atoms with Gasteiger partial charge in [-0.2, -0.15) is 0 Å². The maximum Gasteiger partial charge on any atom is 0.261 e. The molecule has 6 heteroatoms. The average Bonchev–Trinajstić information content (AvgIpc) is 3.02. The highest BCUT2D eigenvalue weighted by Crippen LogP contribution is 2.32. The van der Waals surface area contributed by atoms with Crippen LogP contribution in [-0.4, -0.2) is 18.8 Å². The lowest BCUT2D eigenvalue weighted by Crippen LogP contribution is -2.35. The number of carbonyl (C=O) groups excluding carboxylic acids is 1. The van der Waals surface area contributed by atoms with Crippen LogP contribution in [0.3, 0.4) is 0 Å². The molecule has 0 unspecified atom stereocenters. The lowest BCUT2D eigenvalue weighted by atomic mass is 10.2. The number of fused-ring (bicyclic) bond motifs is 1. The number of halogens is 1. The van der Waals surface area contributed by atoms with Crippen LogP contribution in [0.1, 0.15) is 12.5 Å². The number of rotatable bonds is 5. The Morgan fingerprint density at radius 1 is 1.22 bits per heavy atom. The van der Waals surface area contributed by atoms with E-state index in [1.807, 2.05) is 42.5 Å². The SMILES string of the molecule is C[C@@H](Oc1ccc(Br)cc1)C(=O)NCc1ccc2c(c1)OCO2. The molecule has 0 aliphatic carbocycles. The molecule has 1 N–H and O–H groups in total. The minimum Gasteiger partial charge on any atom is -0.481 e. The summed E-state index contributed by atoms with van der Waals surface area (Å²) in [6.45, 7) is 2.36. The molecule has 1 heterocycles. The quantitative estimate of drug-likeness (QED) is 0.868. The van der Waals surface area contributed by atoms with Crippen molar-refractivity contribution in [2.75, 3.05) is 6.79 Å². The first-order chi connectivity index (χ1) is 11.1. The zero-order valence-electron chi connectivity index (χ0n) is 12.5. The second-order valence-corrected chi connectivity index (χ2v) is 6.04. The maximum absolute atomic E-state index is 12.1. The summed E-state index contributed by atoms with van der Waals surface area (Å²) in [5, 5.41) is 2.85. The van der Waals surface area contributed by atoms with Gasteiger partial charge in [-0.3, -0.25) is 4.79 Å². The van der Waals surface area contributed by atoms with Crippen LogP contribution in [0.4, 0.5) is 0 Å². The molecule has 5 nitrogen and oxygen atoms in total. The number of hydrogen-bond donors (Lipinski definition) is 1. The van der Waals surface area contributed by atoms with E-state index in [1.165, 1.54) is 0 Å². The van der Waals surface area contributed by atoms with Crippen molar-refractivity contribution in [1.82, 2.24) is 5.32 Å². The highest BCUT2D eigenvalue weighted by molar-refractivity contribution is 9.10. The second-order valence-electron chi connectivity index (χ2n) is 5.12. The molecule has 3 rings (SSSR count). The van der Waals surface area contributed by atoms with Crippen molar-refractivity contribution >= 4 is 21.8 Å². The molecule has 1 aliphatic rings. The fourth-order valence-electron chi connectivity index (χ4n) is 2.15. The Labute approximate surface area is 142 Å². The molecule has 23 heavy (non-hydrogen) atoms. The predicted molar refractivity (Wildman–Crippen MR) is 88.6 cm³/mol.